The topological polar surface area (TPSA) is 74.7 Å². The Hall–Kier alpha value is -1.92. The molecule has 0 spiro atoms. The van der Waals surface area contributed by atoms with Crippen molar-refractivity contribution >= 4 is 26.8 Å². The van der Waals surface area contributed by atoms with Gasteiger partial charge in [0, 0.05) is 6.54 Å². The Kier molecular flexibility index (Phi) is 3.88. The van der Waals surface area contributed by atoms with Gasteiger partial charge in [0.1, 0.15) is 6.04 Å². The summed E-state index contributed by atoms with van der Waals surface area (Å²) in [5, 5.41) is 11.1. The molecule has 5 nitrogen and oxygen atoms in total. The Morgan fingerprint density at radius 2 is 1.82 bits per heavy atom. The van der Waals surface area contributed by atoms with Crippen molar-refractivity contribution in [2.24, 2.45) is 0 Å². The third-order valence-electron chi connectivity index (χ3n) is 4.07. The molecule has 0 bridgehead atoms. The highest BCUT2D eigenvalue weighted by Gasteiger charge is 2.37. The van der Waals surface area contributed by atoms with Gasteiger partial charge in [0.25, 0.3) is 0 Å². The van der Waals surface area contributed by atoms with Gasteiger partial charge in [-0.1, -0.05) is 30.3 Å². The normalized spacial score (nSPS) is 20.1. The average Bonchev–Trinajstić information content (AvgIpc) is 2.54. The summed E-state index contributed by atoms with van der Waals surface area (Å²) in [5.41, 5.74) is 0. The SMILES string of the molecule is O=C(O)[C@@H]1CCCCN1S(=O)(=O)c1ccc2ccccc2c1. The van der Waals surface area contributed by atoms with Crippen molar-refractivity contribution in [3.05, 3.63) is 42.5 Å². The third-order valence-corrected chi connectivity index (χ3v) is 5.97. The van der Waals surface area contributed by atoms with Gasteiger partial charge in [-0.3, -0.25) is 4.79 Å². The maximum Gasteiger partial charge on any atom is 0.322 e. The van der Waals surface area contributed by atoms with Gasteiger partial charge < -0.3 is 5.11 Å². The predicted molar refractivity (Wildman–Crippen MR) is 83.1 cm³/mol. The van der Waals surface area contributed by atoms with E-state index < -0.39 is 22.0 Å². The van der Waals surface area contributed by atoms with Crippen LogP contribution in [-0.4, -0.2) is 36.4 Å². The summed E-state index contributed by atoms with van der Waals surface area (Å²) in [7, 11) is -3.80. The van der Waals surface area contributed by atoms with Crippen molar-refractivity contribution in [3.8, 4) is 0 Å². The van der Waals surface area contributed by atoms with Crippen LogP contribution in [0.2, 0.25) is 0 Å². The lowest BCUT2D eigenvalue weighted by Crippen LogP contribution is -2.47. The van der Waals surface area contributed by atoms with E-state index in [1.165, 1.54) is 0 Å². The van der Waals surface area contributed by atoms with Crippen LogP contribution in [0, 0.1) is 0 Å². The fourth-order valence-electron chi connectivity index (χ4n) is 2.90. The molecule has 0 aromatic heterocycles. The Bertz CT molecular complexity index is 816. The van der Waals surface area contributed by atoms with Crippen LogP contribution in [-0.2, 0) is 14.8 Å². The standard InChI is InChI=1S/C16H17NO4S/c18-16(19)15-7-3-4-10-17(15)22(20,21)14-9-8-12-5-1-2-6-13(12)11-14/h1-2,5-6,8-9,11,15H,3-4,7,10H2,(H,18,19)/t15-/m0/s1. The molecule has 3 rings (SSSR count). The van der Waals surface area contributed by atoms with Crippen molar-refractivity contribution in [3.63, 3.8) is 0 Å². The molecule has 1 heterocycles. The number of carboxylic acid groups (broad SMARTS) is 1. The van der Waals surface area contributed by atoms with E-state index in [0.29, 0.717) is 12.8 Å². The molecule has 1 aliphatic heterocycles. The molecule has 1 N–H and O–H groups in total. The van der Waals surface area contributed by atoms with Crippen LogP contribution in [0.5, 0.6) is 0 Å². The van der Waals surface area contributed by atoms with Gasteiger partial charge in [-0.25, -0.2) is 8.42 Å². The first-order chi connectivity index (χ1) is 10.5. The molecule has 0 unspecified atom stereocenters. The first-order valence-corrected chi connectivity index (χ1v) is 8.67. The Morgan fingerprint density at radius 3 is 2.55 bits per heavy atom. The van der Waals surface area contributed by atoms with Crippen LogP contribution < -0.4 is 0 Å². The fraction of sp³-hybridized carbons (Fsp3) is 0.312. The van der Waals surface area contributed by atoms with Crippen LogP contribution in [0.15, 0.2) is 47.4 Å². The zero-order valence-corrected chi connectivity index (χ0v) is 12.8. The first-order valence-electron chi connectivity index (χ1n) is 7.23. The number of nitrogens with zero attached hydrogens (tertiary/aromatic N) is 1. The Balaban J connectivity index is 2.04. The maximum atomic E-state index is 12.8. The zero-order valence-electron chi connectivity index (χ0n) is 12.0. The molecule has 2 aromatic carbocycles. The van der Waals surface area contributed by atoms with Crippen LogP contribution in [0.25, 0.3) is 10.8 Å². The van der Waals surface area contributed by atoms with Crippen molar-refractivity contribution in [1.82, 2.24) is 4.31 Å². The summed E-state index contributed by atoms with van der Waals surface area (Å²) in [4.78, 5) is 11.5. The van der Waals surface area contributed by atoms with Gasteiger partial charge in [-0.05, 0) is 42.2 Å². The second kappa shape index (κ2) is 5.70. The molecule has 22 heavy (non-hydrogen) atoms. The summed E-state index contributed by atoms with van der Waals surface area (Å²) in [6, 6.07) is 11.4. The minimum atomic E-state index is -3.80. The number of sulfonamides is 1. The molecular weight excluding hydrogens is 302 g/mol. The fourth-order valence-corrected chi connectivity index (χ4v) is 4.59. The van der Waals surface area contributed by atoms with Gasteiger partial charge in [0.05, 0.1) is 4.90 Å². The summed E-state index contributed by atoms with van der Waals surface area (Å²) in [6.45, 7) is 0.256. The molecule has 1 atom stereocenters. The predicted octanol–water partition coefficient (Wildman–Crippen LogP) is 2.47. The van der Waals surface area contributed by atoms with Gasteiger partial charge >= 0.3 is 5.97 Å². The monoisotopic (exact) mass is 319 g/mol. The summed E-state index contributed by atoms with van der Waals surface area (Å²) in [6.07, 6.45) is 1.79. The van der Waals surface area contributed by atoms with Gasteiger partial charge in [-0.2, -0.15) is 4.31 Å². The lowest BCUT2D eigenvalue weighted by atomic mass is 10.1. The molecule has 2 aromatic rings. The van der Waals surface area contributed by atoms with Crippen LogP contribution in [0.3, 0.4) is 0 Å². The number of hydrogen-bond acceptors (Lipinski definition) is 3. The molecule has 1 fully saturated rings. The van der Waals surface area contributed by atoms with Crippen LogP contribution in [0.4, 0.5) is 0 Å². The Labute approximate surface area is 129 Å². The average molecular weight is 319 g/mol. The molecule has 1 aliphatic rings. The van der Waals surface area contributed by atoms with Crippen molar-refractivity contribution in [2.45, 2.75) is 30.2 Å². The number of aliphatic carboxylic acids is 1. The molecular formula is C16H17NO4S. The van der Waals surface area contributed by atoms with E-state index in [4.69, 9.17) is 0 Å². The molecule has 6 heteroatoms. The van der Waals surface area contributed by atoms with Crippen LogP contribution in [0.1, 0.15) is 19.3 Å². The maximum absolute atomic E-state index is 12.8. The highest BCUT2D eigenvalue weighted by Crippen LogP contribution is 2.27. The van der Waals surface area contributed by atoms with E-state index in [-0.39, 0.29) is 11.4 Å². The zero-order chi connectivity index (χ0) is 15.7. The highest BCUT2D eigenvalue weighted by molar-refractivity contribution is 7.89. The third kappa shape index (κ3) is 2.60. The lowest BCUT2D eigenvalue weighted by molar-refractivity contribution is -0.142. The van der Waals surface area contributed by atoms with Crippen LogP contribution >= 0.6 is 0 Å². The summed E-state index contributed by atoms with van der Waals surface area (Å²) >= 11 is 0. The quantitative estimate of drug-likeness (QED) is 0.943. The highest BCUT2D eigenvalue weighted by atomic mass is 32.2. The van der Waals surface area contributed by atoms with Gasteiger partial charge in [0.15, 0.2) is 0 Å². The van der Waals surface area contributed by atoms with Crippen molar-refractivity contribution in [2.75, 3.05) is 6.54 Å². The van der Waals surface area contributed by atoms with Crippen molar-refractivity contribution in [1.29, 1.82) is 0 Å². The van der Waals surface area contributed by atoms with E-state index in [0.717, 1.165) is 21.5 Å². The number of piperidine rings is 1. The minimum absolute atomic E-state index is 0.152. The van der Waals surface area contributed by atoms with E-state index in [1.807, 2.05) is 24.3 Å². The summed E-state index contributed by atoms with van der Waals surface area (Å²) in [5.74, 6) is -1.08. The second-order valence-corrected chi connectivity index (χ2v) is 7.37. The first kappa shape index (κ1) is 15.0. The molecule has 0 radical (unpaired) electrons. The largest absolute Gasteiger partial charge is 0.480 e. The van der Waals surface area contributed by atoms with E-state index >= 15 is 0 Å². The number of fused-ring (bicyclic) bond motifs is 1. The molecule has 0 amide bonds. The number of rotatable bonds is 3. The second-order valence-electron chi connectivity index (χ2n) is 5.47. The number of hydrogen-bond donors (Lipinski definition) is 1. The van der Waals surface area contributed by atoms with Crippen molar-refractivity contribution < 1.29 is 18.3 Å². The van der Waals surface area contributed by atoms with E-state index in [9.17, 15) is 18.3 Å². The number of benzene rings is 2. The smallest absolute Gasteiger partial charge is 0.322 e. The lowest BCUT2D eigenvalue weighted by Gasteiger charge is -2.31. The van der Waals surface area contributed by atoms with E-state index in [1.54, 1.807) is 18.2 Å². The Morgan fingerprint density at radius 1 is 1.09 bits per heavy atom. The molecule has 0 aliphatic carbocycles. The van der Waals surface area contributed by atoms with Gasteiger partial charge in [0.2, 0.25) is 10.0 Å². The number of carboxylic acids is 1. The molecule has 116 valence electrons. The van der Waals surface area contributed by atoms with Gasteiger partial charge in [-0.15, -0.1) is 0 Å². The molecule has 0 saturated carbocycles. The minimum Gasteiger partial charge on any atom is -0.480 e. The molecule has 1 saturated heterocycles. The van der Waals surface area contributed by atoms with E-state index in [2.05, 4.69) is 0 Å². The number of carbonyl (C=O) groups is 1. The summed E-state index contributed by atoms with van der Waals surface area (Å²) < 4.78 is 26.7.